The molecular formula is C24H23BrN6O6S. The predicted octanol–water partition coefficient (Wildman–Crippen LogP) is 3.00. The molecule has 0 saturated carbocycles. The Morgan fingerprint density at radius 1 is 1.16 bits per heavy atom. The molecule has 1 amide bonds. The molecule has 5 rings (SSSR count). The summed E-state index contributed by atoms with van der Waals surface area (Å²) in [4.78, 5) is 29.4. The molecule has 2 unspecified atom stereocenters. The van der Waals surface area contributed by atoms with Gasteiger partial charge in [0.05, 0.1) is 16.0 Å². The molecule has 14 heteroatoms. The van der Waals surface area contributed by atoms with Crippen molar-refractivity contribution in [1.29, 1.82) is 0 Å². The van der Waals surface area contributed by atoms with Gasteiger partial charge in [-0.05, 0) is 46.1 Å². The van der Waals surface area contributed by atoms with Gasteiger partial charge in [-0.1, -0.05) is 6.07 Å². The van der Waals surface area contributed by atoms with E-state index >= 15 is 0 Å². The van der Waals surface area contributed by atoms with Crippen molar-refractivity contribution >= 4 is 39.0 Å². The van der Waals surface area contributed by atoms with Crippen LogP contribution >= 0.6 is 15.9 Å². The second-order valence-corrected chi connectivity index (χ2v) is 10.3. The van der Waals surface area contributed by atoms with Crippen LogP contribution in [0.15, 0.2) is 51.9 Å². The van der Waals surface area contributed by atoms with Crippen LogP contribution < -0.4 is 29.0 Å². The topological polar surface area (TPSA) is 153 Å². The summed E-state index contributed by atoms with van der Waals surface area (Å²) < 4.78 is 39.4. The fraction of sp³-hybridized carbons (Fsp3) is 0.292. The number of carbonyl (C=O) groups is 1. The highest BCUT2D eigenvalue weighted by atomic mass is 79.9. The zero-order chi connectivity index (χ0) is 26.6. The van der Waals surface area contributed by atoms with Crippen LogP contribution in [0.5, 0.6) is 23.4 Å². The molecule has 0 saturated heterocycles. The number of aromatic nitrogens is 4. The molecule has 38 heavy (non-hydrogen) atoms. The third-order valence-electron chi connectivity index (χ3n) is 5.95. The van der Waals surface area contributed by atoms with Gasteiger partial charge in [0, 0.05) is 25.9 Å². The number of anilines is 1. The Morgan fingerprint density at radius 3 is 2.68 bits per heavy atom. The van der Waals surface area contributed by atoms with Gasteiger partial charge in [0.2, 0.25) is 18.6 Å². The standard InChI is InChI=1S/C24H23BrN6O6S/c1-13-16(22(32)26-2)8-19(13)38(33)31-21-20(14-3-4-17-18(7-14)37-12-36-17)23(30-11-29-21)34-5-6-35-24-27-9-15(25)10-28-24/h3-4,7,9-11,16H,5-6,8,12H2,1-2H3,(H,26,32)(H,29,30,31). The van der Waals surface area contributed by atoms with E-state index in [4.69, 9.17) is 18.9 Å². The Morgan fingerprint density at radius 2 is 1.92 bits per heavy atom. The summed E-state index contributed by atoms with van der Waals surface area (Å²) in [5, 5.41) is 2.63. The van der Waals surface area contributed by atoms with E-state index in [1.807, 2.05) is 6.07 Å². The first kappa shape index (κ1) is 26.0. The molecule has 3 heterocycles. The monoisotopic (exact) mass is 602 g/mol. The largest absolute Gasteiger partial charge is 0.588 e. The van der Waals surface area contributed by atoms with Crippen LogP contribution in [0, 0.1) is 5.92 Å². The molecule has 2 aromatic heterocycles. The van der Waals surface area contributed by atoms with Crippen LogP contribution in [0.2, 0.25) is 0 Å². The lowest BCUT2D eigenvalue weighted by Gasteiger charge is -2.29. The molecule has 3 aromatic rings. The molecule has 2 N–H and O–H groups in total. The molecule has 1 aliphatic heterocycles. The van der Waals surface area contributed by atoms with Gasteiger partial charge in [0.15, 0.2) is 22.2 Å². The van der Waals surface area contributed by atoms with E-state index in [0.717, 1.165) is 10.0 Å². The maximum absolute atomic E-state index is 13.2. The summed E-state index contributed by atoms with van der Waals surface area (Å²) in [6.45, 7) is 2.22. The first-order valence-electron chi connectivity index (χ1n) is 11.5. The minimum atomic E-state index is -1.62. The normalized spacial score (nSPS) is 16.5. The van der Waals surface area contributed by atoms with Crippen molar-refractivity contribution < 1.29 is 28.3 Å². The summed E-state index contributed by atoms with van der Waals surface area (Å²) in [5.41, 5.74) is 1.93. The van der Waals surface area contributed by atoms with E-state index in [1.165, 1.54) is 6.33 Å². The lowest BCUT2D eigenvalue weighted by atomic mass is 9.85. The first-order chi connectivity index (χ1) is 18.4. The van der Waals surface area contributed by atoms with E-state index in [-0.39, 0.29) is 43.7 Å². The maximum atomic E-state index is 13.2. The van der Waals surface area contributed by atoms with E-state index in [2.05, 4.69) is 45.9 Å². The Balaban J connectivity index is 1.38. The van der Waals surface area contributed by atoms with Crippen molar-refractivity contribution in [2.24, 2.45) is 5.92 Å². The minimum Gasteiger partial charge on any atom is -0.588 e. The van der Waals surface area contributed by atoms with Gasteiger partial charge in [-0.3, -0.25) is 4.79 Å². The van der Waals surface area contributed by atoms with Crippen LogP contribution in [0.4, 0.5) is 5.82 Å². The van der Waals surface area contributed by atoms with E-state index in [0.29, 0.717) is 39.8 Å². The van der Waals surface area contributed by atoms with Crippen LogP contribution in [-0.4, -0.2) is 57.5 Å². The zero-order valence-electron chi connectivity index (χ0n) is 20.4. The van der Waals surface area contributed by atoms with Crippen molar-refractivity contribution in [2.45, 2.75) is 13.3 Å². The molecule has 1 aliphatic carbocycles. The lowest BCUT2D eigenvalue weighted by Crippen LogP contribution is -2.37. The quantitative estimate of drug-likeness (QED) is 0.260. The number of fused-ring (bicyclic) bond motifs is 1. The van der Waals surface area contributed by atoms with Gasteiger partial charge in [-0.2, -0.15) is 4.72 Å². The van der Waals surface area contributed by atoms with Gasteiger partial charge in [0.1, 0.15) is 30.9 Å². The second-order valence-electron chi connectivity index (χ2n) is 8.20. The number of allylic oxidation sites excluding steroid dienone is 1. The highest BCUT2D eigenvalue weighted by Gasteiger charge is 2.40. The van der Waals surface area contributed by atoms with Crippen molar-refractivity contribution in [2.75, 3.05) is 31.8 Å². The predicted molar refractivity (Wildman–Crippen MR) is 141 cm³/mol. The smallest absolute Gasteiger partial charge is 0.316 e. The summed E-state index contributed by atoms with van der Waals surface area (Å²) in [6.07, 6.45) is 4.88. The molecule has 198 valence electrons. The summed E-state index contributed by atoms with van der Waals surface area (Å²) in [6, 6.07) is 5.58. The Bertz CT molecular complexity index is 1380. The third kappa shape index (κ3) is 5.47. The van der Waals surface area contributed by atoms with Gasteiger partial charge in [-0.15, -0.1) is 0 Å². The summed E-state index contributed by atoms with van der Waals surface area (Å²) >= 11 is 1.66. The Labute approximate surface area is 229 Å². The zero-order valence-corrected chi connectivity index (χ0v) is 22.8. The SMILES string of the molecule is CNC(=O)C1CC([S+]([O-])Nc2ncnc(OCCOc3ncc(Br)cn3)c2-c2ccc3c(c2)OCO3)=C1C. The molecule has 0 radical (unpaired) electrons. The van der Waals surface area contributed by atoms with Gasteiger partial charge in [0.25, 0.3) is 0 Å². The lowest BCUT2D eigenvalue weighted by molar-refractivity contribution is -0.123. The average Bonchev–Trinajstić information content (AvgIpc) is 3.39. The van der Waals surface area contributed by atoms with Crippen molar-refractivity contribution in [3.63, 3.8) is 0 Å². The van der Waals surface area contributed by atoms with E-state index < -0.39 is 11.4 Å². The minimum absolute atomic E-state index is 0.0993. The first-order valence-corrected chi connectivity index (χ1v) is 13.5. The molecular weight excluding hydrogens is 580 g/mol. The number of nitrogens with one attached hydrogen (secondary N) is 2. The van der Waals surface area contributed by atoms with Crippen molar-refractivity contribution in [1.82, 2.24) is 25.3 Å². The van der Waals surface area contributed by atoms with Crippen LogP contribution in [0.1, 0.15) is 13.3 Å². The van der Waals surface area contributed by atoms with Gasteiger partial charge < -0.3 is 28.8 Å². The van der Waals surface area contributed by atoms with Gasteiger partial charge >= 0.3 is 6.01 Å². The number of nitrogens with zero attached hydrogens (tertiary/aromatic N) is 4. The Kier molecular flexibility index (Phi) is 7.81. The molecule has 1 aromatic carbocycles. The van der Waals surface area contributed by atoms with Crippen LogP contribution in [0.25, 0.3) is 11.1 Å². The van der Waals surface area contributed by atoms with Crippen LogP contribution in [-0.2, 0) is 16.2 Å². The number of benzene rings is 1. The van der Waals surface area contributed by atoms with E-state index in [9.17, 15) is 9.35 Å². The molecule has 2 aliphatic rings. The third-order valence-corrected chi connectivity index (χ3v) is 7.68. The number of carbonyl (C=O) groups excluding carboxylic acids is 1. The summed E-state index contributed by atoms with van der Waals surface area (Å²) in [7, 11) is 1.58. The molecule has 0 spiro atoms. The second kappa shape index (κ2) is 11.4. The number of hydrogen-bond donors (Lipinski definition) is 2. The summed E-state index contributed by atoms with van der Waals surface area (Å²) in [5.74, 6) is 1.34. The maximum Gasteiger partial charge on any atom is 0.316 e. The number of hydrogen-bond acceptors (Lipinski definition) is 11. The number of rotatable bonds is 10. The molecule has 0 bridgehead atoms. The van der Waals surface area contributed by atoms with Crippen LogP contribution in [0.3, 0.4) is 0 Å². The fourth-order valence-corrected chi connectivity index (χ4v) is 5.32. The fourth-order valence-electron chi connectivity index (χ4n) is 3.91. The number of halogens is 1. The number of amides is 1. The molecule has 0 fully saturated rings. The van der Waals surface area contributed by atoms with E-state index in [1.54, 1.807) is 38.5 Å². The average molecular weight is 603 g/mol. The van der Waals surface area contributed by atoms with Gasteiger partial charge in [-0.25, -0.2) is 19.9 Å². The molecule has 2 atom stereocenters. The van der Waals surface area contributed by atoms with Crippen molar-refractivity contribution in [3.05, 3.63) is 51.9 Å². The number of ether oxygens (including phenoxy) is 4. The Hall–Kier alpha value is -3.62. The molecule has 12 nitrogen and oxygen atoms in total. The highest BCUT2D eigenvalue weighted by molar-refractivity contribution is 9.10. The van der Waals surface area contributed by atoms with Crippen molar-refractivity contribution in [3.8, 4) is 34.5 Å². The highest BCUT2D eigenvalue weighted by Crippen LogP contribution is 2.43.